The van der Waals surface area contributed by atoms with Gasteiger partial charge in [0.1, 0.15) is 5.82 Å². The van der Waals surface area contributed by atoms with Gasteiger partial charge in [-0.3, -0.25) is 0 Å². The van der Waals surface area contributed by atoms with Gasteiger partial charge in [0, 0.05) is 45.5 Å². The van der Waals surface area contributed by atoms with Crippen LogP contribution in [-0.4, -0.2) is 40.1 Å². The summed E-state index contributed by atoms with van der Waals surface area (Å²) in [7, 11) is 1.97. The number of likely N-dealkylation sites (tertiary alicyclic amines) is 1. The zero-order valence-corrected chi connectivity index (χ0v) is 11.2. The molecule has 1 aromatic heterocycles. The molecule has 5 nitrogen and oxygen atoms in total. The van der Waals surface area contributed by atoms with Gasteiger partial charge in [0.05, 0.1) is 0 Å². The van der Waals surface area contributed by atoms with E-state index in [0.29, 0.717) is 6.54 Å². The topological polar surface area (TPSA) is 50.2 Å². The van der Waals surface area contributed by atoms with E-state index in [-0.39, 0.29) is 6.03 Å². The minimum Gasteiger partial charge on any atom is -0.338 e. The number of urea groups is 1. The Hall–Kier alpha value is -1.52. The van der Waals surface area contributed by atoms with Crippen LogP contribution in [0, 0.1) is 5.92 Å². The van der Waals surface area contributed by atoms with E-state index < -0.39 is 0 Å². The smallest absolute Gasteiger partial charge is 0.317 e. The summed E-state index contributed by atoms with van der Waals surface area (Å²) >= 11 is 0. The van der Waals surface area contributed by atoms with Crippen molar-refractivity contribution in [1.82, 2.24) is 19.8 Å². The summed E-state index contributed by atoms with van der Waals surface area (Å²) in [5, 5.41) is 2.97. The number of piperidine rings is 1. The molecule has 2 rings (SSSR count). The Morgan fingerprint density at radius 3 is 2.83 bits per heavy atom. The van der Waals surface area contributed by atoms with Crippen molar-refractivity contribution in [3.63, 3.8) is 0 Å². The van der Waals surface area contributed by atoms with E-state index in [0.717, 1.165) is 44.1 Å². The van der Waals surface area contributed by atoms with E-state index in [2.05, 4.69) is 17.2 Å². The third-order valence-electron chi connectivity index (χ3n) is 3.62. The number of rotatable bonds is 3. The van der Waals surface area contributed by atoms with Crippen molar-refractivity contribution >= 4 is 6.03 Å². The number of imidazole rings is 1. The van der Waals surface area contributed by atoms with Gasteiger partial charge in [0.15, 0.2) is 0 Å². The van der Waals surface area contributed by atoms with Crippen molar-refractivity contribution in [2.75, 3.05) is 19.6 Å². The molecule has 0 spiro atoms. The average molecular weight is 250 g/mol. The number of nitrogens with zero attached hydrogens (tertiary/aromatic N) is 3. The van der Waals surface area contributed by atoms with Gasteiger partial charge in [-0.05, 0) is 18.8 Å². The second kappa shape index (κ2) is 5.89. The monoisotopic (exact) mass is 250 g/mol. The number of aryl methyl sites for hydroxylation is 1. The van der Waals surface area contributed by atoms with Crippen LogP contribution < -0.4 is 5.32 Å². The molecule has 100 valence electrons. The first kappa shape index (κ1) is 12.9. The Bertz CT molecular complexity index is 393. The Morgan fingerprint density at radius 2 is 2.22 bits per heavy atom. The zero-order valence-electron chi connectivity index (χ0n) is 11.2. The molecule has 0 aliphatic carbocycles. The average Bonchev–Trinajstić information content (AvgIpc) is 2.76. The Balaban J connectivity index is 1.70. The highest BCUT2D eigenvalue weighted by molar-refractivity contribution is 5.74. The largest absolute Gasteiger partial charge is 0.338 e. The van der Waals surface area contributed by atoms with E-state index in [1.54, 1.807) is 6.20 Å². The molecule has 1 N–H and O–H groups in total. The quantitative estimate of drug-likeness (QED) is 0.881. The van der Waals surface area contributed by atoms with E-state index >= 15 is 0 Å². The van der Waals surface area contributed by atoms with Crippen LogP contribution in [0.25, 0.3) is 0 Å². The molecular weight excluding hydrogens is 228 g/mol. The number of nitrogens with one attached hydrogen (secondary N) is 1. The fourth-order valence-corrected chi connectivity index (χ4v) is 2.24. The van der Waals surface area contributed by atoms with E-state index in [1.807, 2.05) is 22.7 Å². The molecule has 0 aromatic carbocycles. The second-order valence-electron chi connectivity index (χ2n) is 5.11. The van der Waals surface area contributed by atoms with Crippen molar-refractivity contribution in [2.24, 2.45) is 13.0 Å². The summed E-state index contributed by atoms with van der Waals surface area (Å²) in [6, 6.07) is 0.0658. The minimum atomic E-state index is 0.0658. The predicted octanol–water partition coefficient (Wildman–Crippen LogP) is 1.40. The fourth-order valence-electron chi connectivity index (χ4n) is 2.24. The normalized spacial score (nSPS) is 16.9. The van der Waals surface area contributed by atoms with Gasteiger partial charge in [-0.2, -0.15) is 0 Å². The van der Waals surface area contributed by atoms with Crippen LogP contribution in [-0.2, 0) is 13.5 Å². The van der Waals surface area contributed by atoms with Crippen LogP contribution in [0.3, 0.4) is 0 Å². The lowest BCUT2D eigenvalue weighted by molar-refractivity contribution is 0.174. The number of amides is 2. The van der Waals surface area contributed by atoms with E-state index in [9.17, 15) is 4.79 Å². The molecule has 5 heteroatoms. The number of aromatic nitrogens is 2. The molecule has 1 saturated heterocycles. The highest BCUT2D eigenvalue weighted by Gasteiger charge is 2.19. The van der Waals surface area contributed by atoms with Crippen molar-refractivity contribution in [3.05, 3.63) is 18.2 Å². The lowest BCUT2D eigenvalue weighted by Gasteiger charge is -2.30. The van der Waals surface area contributed by atoms with Crippen LogP contribution in [0.1, 0.15) is 25.6 Å². The molecule has 0 saturated carbocycles. The first-order valence-corrected chi connectivity index (χ1v) is 6.66. The van der Waals surface area contributed by atoms with Gasteiger partial charge in [0.25, 0.3) is 0 Å². The third kappa shape index (κ3) is 3.24. The lowest BCUT2D eigenvalue weighted by atomic mass is 10.00. The van der Waals surface area contributed by atoms with E-state index in [4.69, 9.17) is 0 Å². The summed E-state index contributed by atoms with van der Waals surface area (Å²) in [6.07, 6.45) is 6.71. The van der Waals surface area contributed by atoms with Gasteiger partial charge in [-0.1, -0.05) is 6.92 Å². The maximum atomic E-state index is 11.9. The SMILES string of the molecule is CC1CCN(C(=O)NCCc2nccn2C)CC1. The van der Waals surface area contributed by atoms with Crippen LogP contribution >= 0.6 is 0 Å². The maximum absolute atomic E-state index is 11.9. The predicted molar refractivity (Wildman–Crippen MR) is 70.3 cm³/mol. The van der Waals surface area contributed by atoms with Crippen molar-refractivity contribution in [3.8, 4) is 0 Å². The molecule has 1 aliphatic rings. The molecule has 2 amide bonds. The Kier molecular flexibility index (Phi) is 4.23. The molecule has 0 radical (unpaired) electrons. The summed E-state index contributed by atoms with van der Waals surface area (Å²) in [5.74, 6) is 1.75. The van der Waals surface area contributed by atoms with Gasteiger partial charge in [0.2, 0.25) is 0 Å². The number of carbonyl (C=O) groups is 1. The summed E-state index contributed by atoms with van der Waals surface area (Å²) in [4.78, 5) is 18.1. The van der Waals surface area contributed by atoms with Crippen LogP contribution in [0.5, 0.6) is 0 Å². The van der Waals surface area contributed by atoms with Gasteiger partial charge < -0.3 is 14.8 Å². The molecule has 0 bridgehead atoms. The van der Waals surface area contributed by atoms with Crippen LogP contribution in [0.2, 0.25) is 0 Å². The van der Waals surface area contributed by atoms with Gasteiger partial charge in [-0.25, -0.2) is 9.78 Å². The highest BCUT2D eigenvalue weighted by atomic mass is 16.2. The van der Waals surface area contributed by atoms with Crippen LogP contribution in [0.4, 0.5) is 4.79 Å². The fraction of sp³-hybridized carbons (Fsp3) is 0.692. The maximum Gasteiger partial charge on any atom is 0.317 e. The minimum absolute atomic E-state index is 0.0658. The second-order valence-corrected chi connectivity index (χ2v) is 5.11. The molecule has 0 unspecified atom stereocenters. The number of carbonyl (C=O) groups excluding carboxylic acids is 1. The Morgan fingerprint density at radius 1 is 1.50 bits per heavy atom. The van der Waals surface area contributed by atoms with Gasteiger partial charge >= 0.3 is 6.03 Å². The molecule has 1 aliphatic heterocycles. The third-order valence-corrected chi connectivity index (χ3v) is 3.62. The van der Waals surface area contributed by atoms with Crippen molar-refractivity contribution < 1.29 is 4.79 Å². The highest BCUT2D eigenvalue weighted by Crippen LogP contribution is 2.15. The standard InChI is InChI=1S/C13H22N4O/c1-11-4-8-17(9-5-11)13(18)15-6-3-12-14-7-10-16(12)2/h7,10-11H,3-6,8-9H2,1-2H3,(H,15,18). The number of hydrogen-bond donors (Lipinski definition) is 1. The summed E-state index contributed by atoms with van der Waals surface area (Å²) in [5.41, 5.74) is 0. The Labute approximate surface area is 108 Å². The summed E-state index contributed by atoms with van der Waals surface area (Å²) < 4.78 is 1.98. The van der Waals surface area contributed by atoms with Crippen molar-refractivity contribution in [2.45, 2.75) is 26.2 Å². The van der Waals surface area contributed by atoms with Crippen LogP contribution in [0.15, 0.2) is 12.4 Å². The van der Waals surface area contributed by atoms with E-state index in [1.165, 1.54) is 0 Å². The molecule has 18 heavy (non-hydrogen) atoms. The summed E-state index contributed by atoms with van der Waals surface area (Å²) in [6.45, 7) is 4.66. The zero-order chi connectivity index (χ0) is 13.0. The number of hydrogen-bond acceptors (Lipinski definition) is 2. The first-order chi connectivity index (χ1) is 8.66. The molecule has 1 fully saturated rings. The lowest BCUT2D eigenvalue weighted by Crippen LogP contribution is -2.44. The first-order valence-electron chi connectivity index (χ1n) is 6.66. The molecular formula is C13H22N4O. The molecule has 2 heterocycles. The van der Waals surface area contributed by atoms with Gasteiger partial charge in [-0.15, -0.1) is 0 Å². The molecule has 1 aromatic rings. The molecule has 0 atom stereocenters. The van der Waals surface area contributed by atoms with Crippen molar-refractivity contribution in [1.29, 1.82) is 0 Å².